The molecule has 3 atom stereocenters. The number of carbonyl (C=O) groups is 2. The lowest BCUT2D eigenvalue weighted by Crippen LogP contribution is -2.49. The van der Waals surface area contributed by atoms with E-state index in [1.165, 1.54) is 0 Å². The summed E-state index contributed by atoms with van der Waals surface area (Å²) in [6.45, 7) is 2.52. The third-order valence-electron chi connectivity index (χ3n) is 4.89. The molecule has 0 aromatic heterocycles. The molecule has 0 radical (unpaired) electrons. The van der Waals surface area contributed by atoms with Gasteiger partial charge in [-0.05, 0) is 30.9 Å². The molecule has 1 unspecified atom stereocenters. The van der Waals surface area contributed by atoms with Crippen molar-refractivity contribution in [2.75, 3.05) is 0 Å². The number of esters is 1. The Kier molecular flexibility index (Phi) is 7.30. The summed E-state index contributed by atoms with van der Waals surface area (Å²) in [5.41, 5.74) is 1.93. The van der Waals surface area contributed by atoms with Gasteiger partial charge in [-0.1, -0.05) is 83.3 Å². The Morgan fingerprint density at radius 1 is 1.11 bits per heavy atom. The predicted molar refractivity (Wildman–Crippen MR) is 115 cm³/mol. The Labute approximate surface area is 179 Å². The van der Waals surface area contributed by atoms with Gasteiger partial charge in [-0.3, -0.25) is 9.69 Å². The molecule has 148 valence electrons. The van der Waals surface area contributed by atoms with Gasteiger partial charge < -0.3 is 9.47 Å². The van der Waals surface area contributed by atoms with Crippen LogP contribution in [0, 0.1) is 0 Å². The van der Waals surface area contributed by atoms with Crippen molar-refractivity contribution < 1.29 is 19.1 Å². The Balaban J connectivity index is 1.72. The van der Waals surface area contributed by atoms with Gasteiger partial charge in [-0.2, -0.15) is 0 Å². The summed E-state index contributed by atoms with van der Waals surface area (Å²) in [5, 5.41) is 0. The molecule has 0 spiro atoms. The maximum atomic E-state index is 12.9. The SMILES string of the molecule is C[C@H]([C@@H]1CCC(I)C(=O)O1)N(Cc1ccccc1)C(=O)OCc1ccccc1. The molecule has 5 nitrogen and oxygen atoms in total. The lowest BCUT2D eigenvalue weighted by atomic mass is 10.0. The molecule has 2 aromatic carbocycles. The van der Waals surface area contributed by atoms with E-state index >= 15 is 0 Å². The molecule has 6 heteroatoms. The molecule has 1 amide bonds. The summed E-state index contributed by atoms with van der Waals surface area (Å²) in [6.07, 6.45) is 0.754. The lowest BCUT2D eigenvalue weighted by Gasteiger charge is -2.36. The number of rotatable bonds is 6. The number of nitrogens with zero attached hydrogens (tertiary/aromatic N) is 1. The summed E-state index contributed by atoms with van der Waals surface area (Å²) in [4.78, 5) is 26.6. The fourth-order valence-corrected chi connectivity index (χ4v) is 3.71. The van der Waals surface area contributed by atoms with Gasteiger partial charge in [0.05, 0.1) is 6.04 Å². The van der Waals surface area contributed by atoms with Crippen molar-refractivity contribution in [2.45, 2.75) is 49.0 Å². The van der Waals surface area contributed by atoms with Crippen LogP contribution in [0.4, 0.5) is 4.79 Å². The highest BCUT2D eigenvalue weighted by atomic mass is 127. The topological polar surface area (TPSA) is 55.8 Å². The van der Waals surface area contributed by atoms with Gasteiger partial charge in [0.25, 0.3) is 0 Å². The van der Waals surface area contributed by atoms with Crippen LogP contribution in [0.25, 0.3) is 0 Å². The van der Waals surface area contributed by atoms with Crippen molar-refractivity contribution in [2.24, 2.45) is 0 Å². The zero-order valence-corrected chi connectivity index (χ0v) is 17.9. The molecular formula is C22H24INO4. The van der Waals surface area contributed by atoms with Crippen LogP contribution in [-0.2, 0) is 27.4 Å². The largest absolute Gasteiger partial charge is 0.459 e. The molecule has 0 N–H and O–H groups in total. The van der Waals surface area contributed by atoms with Gasteiger partial charge in [0, 0.05) is 6.54 Å². The molecule has 1 aliphatic rings. The van der Waals surface area contributed by atoms with Crippen LogP contribution in [-0.4, -0.2) is 33.0 Å². The van der Waals surface area contributed by atoms with E-state index in [-0.39, 0.29) is 28.6 Å². The Morgan fingerprint density at radius 3 is 2.32 bits per heavy atom. The number of halogens is 1. The van der Waals surface area contributed by atoms with Gasteiger partial charge in [0.1, 0.15) is 16.6 Å². The number of cyclic esters (lactones) is 1. The van der Waals surface area contributed by atoms with Crippen LogP contribution >= 0.6 is 22.6 Å². The van der Waals surface area contributed by atoms with Gasteiger partial charge in [0.15, 0.2) is 0 Å². The minimum atomic E-state index is -0.409. The molecule has 1 saturated heterocycles. The first kappa shape index (κ1) is 20.6. The van der Waals surface area contributed by atoms with Gasteiger partial charge in [-0.15, -0.1) is 0 Å². The fourth-order valence-electron chi connectivity index (χ4n) is 3.21. The summed E-state index contributed by atoms with van der Waals surface area (Å²) in [5.74, 6) is -0.207. The number of amides is 1. The Bertz CT molecular complexity index is 784. The first-order chi connectivity index (χ1) is 13.5. The van der Waals surface area contributed by atoms with Crippen LogP contribution in [0.3, 0.4) is 0 Å². The molecule has 0 bridgehead atoms. The lowest BCUT2D eigenvalue weighted by molar-refractivity contribution is -0.156. The van der Waals surface area contributed by atoms with Gasteiger partial charge in [-0.25, -0.2) is 4.79 Å². The van der Waals surface area contributed by atoms with E-state index in [9.17, 15) is 9.59 Å². The highest BCUT2D eigenvalue weighted by Crippen LogP contribution is 2.26. The fraction of sp³-hybridized carbons (Fsp3) is 0.364. The first-order valence-electron chi connectivity index (χ1n) is 9.40. The summed E-state index contributed by atoms with van der Waals surface area (Å²) in [6, 6.07) is 19.1. The third kappa shape index (κ3) is 5.47. The number of benzene rings is 2. The van der Waals surface area contributed by atoms with E-state index in [1.54, 1.807) is 4.90 Å². The molecule has 0 saturated carbocycles. The molecule has 28 heavy (non-hydrogen) atoms. The van der Waals surface area contributed by atoms with Crippen molar-refractivity contribution in [1.82, 2.24) is 4.90 Å². The monoisotopic (exact) mass is 493 g/mol. The average Bonchev–Trinajstić information content (AvgIpc) is 2.73. The van der Waals surface area contributed by atoms with Crippen molar-refractivity contribution in [3.8, 4) is 0 Å². The quantitative estimate of drug-likeness (QED) is 0.332. The van der Waals surface area contributed by atoms with Crippen molar-refractivity contribution in [3.63, 3.8) is 0 Å². The molecule has 1 fully saturated rings. The first-order valence-corrected chi connectivity index (χ1v) is 10.6. The van der Waals surface area contributed by atoms with E-state index < -0.39 is 6.09 Å². The van der Waals surface area contributed by atoms with Crippen LogP contribution in [0.2, 0.25) is 0 Å². The second kappa shape index (κ2) is 9.91. The maximum Gasteiger partial charge on any atom is 0.410 e. The standard InChI is InChI=1S/C22H24INO4/c1-16(20-13-12-19(23)21(25)28-20)24(14-17-8-4-2-5-9-17)22(26)27-15-18-10-6-3-7-11-18/h2-11,16,19-20H,12-15H2,1H3/t16-,19?,20+/m1/s1. The predicted octanol–water partition coefficient (Wildman–Crippen LogP) is 4.72. The van der Waals surface area contributed by atoms with Crippen molar-refractivity contribution in [1.29, 1.82) is 0 Å². The van der Waals surface area contributed by atoms with Gasteiger partial charge >= 0.3 is 12.1 Å². The van der Waals surface area contributed by atoms with Crippen LogP contribution in [0.15, 0.2) is 60.7 Å². The Morgan fingerprint density at radius 2 is 1.71 bits per heavy atom. The maximum absolute atomic E-state index is 12.9. The van der Waals surface area contributed by atoms with Crippen molar-refractivity contribution >= 4 is 34.7 Å². The molecule has 0 aliphatic carbocycles. The zero-order valence-electron chi connectivity index (χ0n) is 15.8. The highest BCUT2D eigenvalue weighted by molar-refractivity contribution is 14.1. The zero-order chi connectivity index (χ0) is 19.9. The number of hydrogen-bond donors (Lipinski definition) is 0. The molecule has 1 aliphatic heterocycles. The normalized spacial score (nSPS) is 20.1. The summed E-state index contributed by atoms with van der Waals surface area (Å²) in [7, 11) is 0. The minimum Gasteiger partial charge on any atom is -0.459 e. The second-order valence-electron chi connectivity index (χ2n) is 6.91. The minimum absolute atomic E-state index is 0.117. The molecule has 3 rings (SSSR count). The van der Waals surface area contributed by atoms with E-state index in [4.69, 9.17) is 9.47 Å². The summed E-state index contributed by atoms with van der Waals surface area (Å²) < 4.78 is 11.0. The van der Waals surface area contributed by atoms with E-state index in [0.717, 1.165) is 24.0 Å². The van der Waals surface area contributed by atoms with E-state index in [1.807, 2.05) is 67.6 Å². The van der Waals surface area contributed by atoms with Crippen LogP contribution in [0.1, 0.15) is 30.9 Å². The van der Waals surface area contributed by atoms with Crippen LogP contribution in [0.5, 0.6) is 0 Å². The van der Waals surface area contributed by atoms with Crippen molar-refractivity contribution in [3.05, 3.63) is 71.8 Å². The number of carbonyl (C=O) groups excluding carboxylic acids is 2. The number of ether oxygens (including phenoxy) is 2. The third-order valence-corrected chi connectivity index (χ3v) is 6.02. The van der Waals surface area contributed by atoms with E-state index in [2.05, 4.69) is 22.6 Å². The second-order valence-corrected chi connectivity index (χ2v) is 8.42. The summed E-state index contributed by atoms with van der Waals surface area (Å²) >= 11 is 2.11. The number of alkyl halides is 1. The molecular weight excluding hydrogens is 469 g/mol. The van der Waals surface area contributed by atoms with Crippen LogP contribution < -0.4 is 0 Å². The average molecular weight is 493 g/mol. The highest BCUT2D eigenvalue weighted by Gasteiger charge is 2.36. The smallest absolute Gasteiger partial charge is 0.410 e. The number of hydrogen-bond acceptors (Lipinski definition) is 4. The van der Waals surface area contributed by atoms with Gasteiger partial charge in [0.2, 0.25) is 0 Å². The van der Waals surface area contributed by atoms with E-state index in [0.29, 0.717) is 6.54 Å². The molecule has 1 heterocycles. The molecule has 2 aromatic rings. The Hall–Kier alpha value is -2.09.